The molecule has 0 unspecified atom stereocenters. The van der Waals surface area contributed by atoms with Crippen LogP contribution in [-0.2, 0) is 12.8 Å². The number of halogens is 3. The third kappa shape index (κ3) is 2.88. The van der Waals surface area contributed by atoms with Gasteiger partial charge in [0.2, 0.25) is 0 Å². The van der Waals surface area contributed by atoms with Gasteiger partial charge in [0.25, 0.3) is 0 Å². The fraction of sp³-hybridized carbons (Fsp3) is 0.231. The topological polar surface area (TPSA) is 55.2 Å². The lowest BCUT2D eigenvalue weighted by Crippen LogP contribution is -2.08. The second-order valence-corrected chi connectivity index (χ2v) is 3.98. The molecular formula is C13H11F3N2O2. The van der Waals surface area contributed by atoms with Crippen molar-refractivity contribution in [1.82, 2.24) is 9.97 Å². The molecule has 0 saturated carbocycles. The minimum Gasteiger partial charge on any atom is -0.497 e. The second-order valence-electron chi connectivity index (χ2n) is 3.98. The average Bonchev–Trinajstić information content (AvgIpc) is 2.46. The minimum absolute atomic E-state index is 0.0582. The van der Waals surface area contributed by atoms with E-state index in [4.69, 9.17) is 9.84 Å². The van der Waals surface area contributed by atoms with Gasteiger partial charge in [0, 0.05) is 23.5 Å². The number of methoxy groups -OCH3 is 1. The summed E-state index contributed by atoms with van der Waals surface area (Å²) < 4.78 is 43.9. The summed E-state index contributed by atoms with van der Waals surface area (Å²) in [6.07, 6.45) is -1.97. The van der Waals surface area contributed by atoms with Crippen molar-refractivity contribution in [2.75, 3.05) is 7.11 Å². The molecule has 0 aliphatic carbocycles. The normalized spacial score (nSPS) is 11.4. The van der Waals surface area contributed by atoms with Crippen LogP contribution < -0.4 is 4.74 Å². The van der Waals surface area contributed by atoms with Crippen LogP contribution in [0.3, 0.4) is 0 Å². The van der Waals surface area contributed by atoms with E-state index in [9.17, 15) is 13.2 Å². The molecule has 106 valence electrons. The Bertz CT molecular complexity index is 598. The van der Waals surface area contributed by atoms with E-state index in [1.54, 1.807) is 0 Å². The standard InChI is InChI=1S/C13H11F3N2O2/c1-20-9-2-3-10(11(4-9)13(14,15)16)12-17-5-8(7-19)6-18-12/h2-6,19H,7H2,1H3. The van der Waals surface area contributed by atoms with E-state index in [-0.39, 0.29) is 23.7 Å². The maximum atomic E-state index is 13.0. The van der Waals surface area contributed by atoms with Gasteiger partial charge in [0.15, 0.2) is 5.82 Å². The van der Waals surface area contributed by atoms with Crippen LogP contribution >= 0.6 is 0 Å². The Morgan fingerprint density at radius 3 is 2.35 bits per heavy atom. The first kappa shape index (κ1) is 14.3. The van der Waals surface area contributed by atoms with Gasteiger partial charge in [0.1, 0.15) is 5.75 Å². The largest absolute Gasteiger partial charge is 0.497 e. The number of aliphatic hydroxyl groups is 1. The predicted molar refractivity (Wildman–Crippen MR) is 64.9 cm³/mol. The lowest BCUT2D eigenvalue weighted by Gasteiger charge is -2.13. The van der Waals surface area contributed by atoms with E-state index in [0.717, 1.165) is 6.07 Å². The highest BCUT2D eigenvalue weighted by Crippen LogP contribution is 2.37. The molecule has 7 heteroatoms. The summed E-state index contributed by atoms with van der Waals surface area (Å²) in [5, 5.41) is 8.87. The smallest absolute Gasteiger partial charge is 0.417 e. The molecule has 0 bridgehead atoms. The van der Waals surface area contributed by atoms with Gasteiger partial charge >= 0.3 is 6.18 Å². The summed E-state index contributed by atoms with van der Waals surface area (Å²) in [7, 11) is 1.29. The number of ether oxygens (including phenoxy) is 1. The van der Waals surface area contributed by atoms with Crippen molar-refractivity contribution in [2.45, 2.75) is 12.8 Å². The molecule has 0 aliphatic rings. The minimum atomic E-state index is -4.54. The fourth-order valence-corrected chi connectivity index (χ4v) is 1.66. The van der Waals surface area contributed by atoms with Crippen LogP contribution in [0.1, 0.15) is 11.1 Å². The Balaban J connectivity index is 2.54. The number of nitrogens with zero attached hydrogens (tertiary/aromatic N) is 2. The lowest BCUT2D eigenvalue weighted by atomic mass is 10.1. The Hall–Kier alpha value is -2.15. The second kappa shape index (κ2) is 5.46. The van der Waals surface area contributed by atoms with Gasteiger partial charge in [-0.25, -0.2) is 9.97 Å². The van der Waals surface area contributed by atoms with Gasteiger partial charge in [-0.3, -0.25) is 0 Å². The van der Waals surface area contributed by atoms with Crippen molar-refractivity contribution in [3.8, 4) is 17.1 Å². The molecule has 0 amide bonds. The number of aromatic nitrogens is 2. The molecule has 20 heavy (non-hydrogen) atoms. The van der Waals surface area contributed by atoms with Crippen LogP contribution in [0.4, 0.5) is 13.2 Å². The Morgan fingerprint density at radius 1 is 1.20 bits per heavy atom. The molecule has 1 N–H and O–H groups in total. The summed E-state index contributed by atoms with van der Waals surface area (Å²) in [4.78, 5) is 7.68. The molecule has 2 rings (SSSR count). The highest BCUT2D eigenvalue weighted by Gasteiger charge is 2.34. The van der Waals surface area contributed by atoms with E-state index in [2.05, 4.69) is 9.97 Å². The molecule has 1 heterocycles. The lowest BCUT2D eigenvalue weighted by molar-refractivity contribution is -0.137. The molecule has 1 aromatic heterocycles. The molecule has 2 aromatic rings. The van der Waals surface area contributed by atoms with Gasteiger partial charge in [-0.1, -0.05) is 0 Å². The third-order valence-electron chi connectivity index (χ3n) is 2.66. The van der Waals surface area contributed by atoms with Gasteiger partial charge in [0.05, 0.1) is 19.3 Å². The van der Waals surface area contributed by atoms with Crippen molar-refractivity contribution in [3.05, 3.63) is 41.7 Å². The van der Waals surface area contributed by atoms with E-state index in [1.807, 2.05) is 0 Å². The molecule has 0 spiro atoms. The zero-order chi connectivity index (χ0) is 14.8. The maximum Gasteiger partial charge on any atom is 0.417 e. The number of benzene rings is 1. The first-order valence-electron chi connectivity index (χ1n) is 5.63. The number of aliphatic hydroxyl groups excluding tert-OH is 1. The molecule has 0 saturated heterocycles. The first-order chi connectivity index (χ1) is 9.45. The Kier molecular flexibility index (Phi) is 3.89. The SMILES string of the molecule is COc1ccc(-c2ncc(CO)cn2)c(C(F)(F)F)c1. The van der Waals surface area contributed by atoms with Gasteiger partial charge in [-0.05, 0) is 18.2 Å². The van der Waals surface area contributed by atoms with E-state index in [0.29, 0.717) is 5.56 Å². The number of rotatable bonds is 3. The first-order valence-corrected chi connectivity index (χ1v) is 5.63. The van der Waals surface area contributed by atoms with Gasteiger partial charge < -0.3 is 9.84 Å². The zero-order valence-electron chi connectivity index (χ0n) is 10.5. The molecule has 0 aliphatic heterocycles. The summed E-state index contributed by atoms with van der Waals surface area (Å²) in [6.45, 7) is -0.269. The Morgan fingerprint density at radius 2 is 1.85 bits per heavy atom. The van der Waals surface area contributed by atoms with E-state index < -0.39 is 11.7 Å². The van der Waals surface area contributed by atoms with Crippen molar-refractivity contribution >= 4 is 0 Å². The average molecular weight is 284 g/mol. The van der Waals surface area contributed by atoms with Crippen LogP contribution in [0.15, 0.2) is 30.6 Å². The molecule has 1 aromatic carbocycles. The monoisotopic (exact) mass is 284 g/mol. The molecule has 0 atom stereocenters. The highest BCUT2D eigenvalue weighted by atomic mass is 19.4. The third-order valence-corrected chi connectivity index (χ3v) is 2.66. The van der Waals surface area contributed by atoms with Crippen molar-refractivity contribution in [3.63, 3.8) is 0 Å². The fourth-order valence-electron chi connectivity index (χ4n) is 1.66. The van der Waals surface area contributed by atoms with Crippen LogP contribution in [-0.4, -0.2) is 22.2 Å². The van der Waals surface area contributed by atoms with E-state index >= 15 is 0 Å². The van der Waals surface area contributed by atoms with Crippen molar-refractivity contribution in [1.29, 1.82) is 0 Å². The van der Waals surface area contributed by atoms with Gasteiger partial charge in [-0.15, -0.1) is 0 Å². The number of hydrogen-bond donors (Lipinski definition) is 1. The Labute approximate surface area is 112 Å². The van der Waals surface area contributed by atoms with Crippen LogP contribution in [0.2, 0.25) is 0 Å². The predicted octanol–water partition coefficient (Wildman–Crippen LogP) is 2.66. The van der Waals surface area contributed by atoms with Crippen LogP contribution in [0.5, 0.6) is 5.75 Å². The summed E-state index contributed by atoms with van der Waals surface area (Å²) in [6, 6.07) is 3.57. The van der Waals surface area contributed by atoms with Crippen LogP contribution in [0, 0.1) is 0 Å². The number of hydrogen-bond acceptors (Lipinski definition) is 4. The van der Waals surface area contributed by atoms with Crippen molar-refractivity contribution in [2.24, 2.45) is 0 Å². The molecule has 0 radical (unpaired) electrons. The zero-order valence-corrected chi connectivity index (χ0v) is 10.5. The van der Waals surface area contributed by atoms with Gasteiger partial charge in [-0.2, -0.15) is 13.2 Å². The quantitative estimate of drug-likeness (QED) is 0.941. The highest BCUT2D eigenvalue weighted by molar-refractivity contribution is 5.62. The molecular weight excluding hydrogens is 273 g/mol. The van der Waals surface area contributed by atoms with E-state index in [1.165, 1.54) is 31.6 Å². The summed E-state index contributed by atoms with van der Waals surface area (Å²) in [5.74, 6) is 0.0465. The molecule has 4 nitrogen and oxygen atoms in total. The van der Waals surface area contributed by atoms with Crippen LogP contribution in [0.25, 0.3) is 11.4 Å². The summed E-state index contributed by atoms with van der Waals surface area (Å²) >= 11 is 0. The maximum absolute atomic E-state index is 13.0. The van der Waals surface area contributed by atoms with Crippen molar-refractivity contribution < 1.29 is 23.0 Å². The molecule has 0 fully saturated rings. The summed E-state index contributed by atoms with van der Waals surface area (Å²) in [5.41, 5.74) is -0.577. The number of alkyl halides is 3.